The van der Waals surface area contributed by atoms with Crippen LogP contribution in [0.4, 0.5) is 0 Å². The minimum atomic E-state index is -3.43. The second kappa shape index (κ2) is 8.08. The summed E-state index contributed by atoms with van der Waals surface area (Å²) in [6, 6.07) is 11.2. The third kappa shape index (κ3) is 4.37. The second-order valence-corrected chi connectivity index (χ2v) is 9.78. The van der Waals surface area contributed by atoms with Gasteiger partial charge in [-0.05, 0) is 43.5 Å². The van der Waals surface area contributed by atoms with Gasteiger partial charge >= 0.3 is 0 Å². The first-order chi connectivity index (χ1) is 12.0. The van der Waals surface area contributed by atoms with Gasteiger partial charge in [0.05, 0.1) is 5.03 Å². The SMILES string of the molecule is C[C@@H](Sc1ccc(S(=O)(=O)N2CCCCC2)cn1)c1ccccc1Cl. The van der Waals surface area contributed by atoms with Gasteiger partial charge in [-0.25, -0.2) is 13.4 Å². The number of piperidine rings is 1. The van der Waals surface area contributed by atoms with Gasteiger partial charge in [-0.3, -0.25) is 0 Å². The first-order valence-electron chi connectivity index (χ1n) is 8.36. The topological polar surface area (TPSA) is 50.3 Å². The van der Waals surface area contributed by atoms with E-state index in [-0.39, 0.29) is 10.1 Å². The molecule has 2 heterocycles. The summed E-state index contributed by atoms with van der Waals surface area (Å²) in [5, 5.41) is 1.64. The molecule has 0 spiro atoms. The minimum Gasteiger partial charge on any atom is -0.249 e. The number of rotatable bonds is 5. The van der Waals surface area contributed by atoms with Crippen LogP contribution in [0, 0.1) is 0 Å². The van der Waals surface area contributed by atoms with Gasteiger partial charge in [0, 0.05) is 29.6 Å². The van der Waals surface area contributed by atoms with Gasteiger partial charge in [0.15, 0.2) is 0 Å². The Labute approximate surface area is 158 Å². The van der Waals surface area contributed by atoms with Gasteiger partial charge in [0.25, 0.3) is 0 Å². The standard InChI is InChI=1S/C18H21ClN2O2S2/c1-14(16-7-3-4-8-17(16)19)24-18-10-9-15(13-20-18)25(22,23)21-11-5-2-6-12-21/h3-4,7-10,13-14H,2,5-6,11-12H2,1H3/t14-/m1/s1. The smallest absolute Gasteiger partial charge is 0.244 e. The third-order valence-corrected chi connectivity index (χ3v) is 7.62. The molecular weight excluding hydrogens is 376 g/mol. The van der Waals surface area contributed by atoms with E-state index in [9.17, 15) is 8.42 Å². The van der Waals surface area contributed by atoms with Gasteiger partial charge < -0.3 is 0 Å². The predicted octanol–water partition coefficient (Wildman–Crippen LogP) is 4.76. The molecule has 25 heavy (non-hydrogen) atoms. The average molecular weight is 397 g/mol. The van der Waals surface area contributed by atoms with Crippen LogP contribution < -0.4 is 0 Å². The lowest BCUT2D eigenvalue weighted by atomic mass is 10.2. The maximum Gasteiger partial charge on any atom is 0.244 e. The molecule has 3 rings (SSSR count). The largest absolute Gasteiger partial charge is 0.249 e. The van der Waals surface area contributed by atoms with Crippen LogP contribution in [0.25, 0.3) is 0 Å². The Balaban J connectivity index is 1.73. The maximum atomic E-state index is 12.6. The molecule has 4 nitrogen and oxygen atoms in total. The van der Waals surface area contributed by atoms with E-state index >= 15 is 0 Å². The van der Waals surface area contributed by atoms with Crippen LogP contribution in [0.2, 0.25) is 5.02 Å². The first kappa shape index (κ1) is 18.7. The molecule has 0 unspecified atom stereocenters. The number of hydrogen-bond acceptors (Lipinski definition) is 4. The Morgan fingerprint density at radius 1 is 1.12 bits per heavy atom. The quantitative estimate of drug-likeness (QED) is 0.683. The van der Waals surface area contributed by atoms with Crippen LogP contribution in [0.5, 0.6) is 0 Å². The summed E-state index contributed by atoms with van der Waals surface area (Å²) >= 11 is 7.80. The number of aromatic nitrogens is 1. The lowest BCUT2D eigenvalue weighted by Crippen LogP contribution is -2.35. The minimum absolute atomic E-state index is 0.130. The molecule has 1 saturated heterocycles. The fraction of sp³-hybridized carbons (Fsp3) is 0.389. The van der Waals surface area contributed by atoms with E-state index in [2.05, 4.69) is 11.9 Å². The van der Waals surface area contributed by atoms with Crippen molar-refractivity contribution >= 4 is 33.4 Å². The van der Waals surface area contributed by atoms with Gasteiger partial charge in [-0.1, -0.05) is 48.0 Å². The summed E-state index contributed by atoms with van der Waals surface area (Å²) in [5.41, 5.74) is 1.04. The lowest BCUT2D eigenvalue weighted by molar-refractivity contribution is 0.346. The van der Waals surface area contributed by atoms with Crippen LogP contribution in [-0.2, 0) is 10.0 Å². The van der Waals surface area contributed by atoms with Crippen LogP contribution >= 0.6 is 23.4 Å². The van der Waals surface area contributed by atoms with E-state index in [1.165, 1.54) is 6.20 Å². The molecule has 0 radical (unpaired) electrons. The molecular formula is C18H21ClN2O2S2. The van der Waals surface area contributed by atoms with Crippen LogP contribution in [0.3, 0.4) is 0 Å². The number of benzene rings is 1. The van der Waals surface area contributed by atoms with Crippen molar-refractivity contribution in [3.63, 3.8) is 0 Å². The molecule has 7 heteroatoms. The van der Waals surface area contributed by atoms with E-state index in [4.69, 9.17) is 11.6 Å². The van der Waals surface area contributed by atoms with Gasteiger partial charge in [0.2, 0.25) is 10.0 Å². The number of nitrogens with zero attached hydrogens (tertiary/aromatic N) is 2. The summed E-state index contributed by atoms with van der Waals surface area (Å²) in [6.45, 7) is 3.26. The zero-order valence-electron chi connectivity index (χ0n) is 14.1. The summed E-state index contributed by atoms with van der Waals surface area (Å²) in [7, 11) is -3.43. The molecule has 1 aliphatic heterocycles. The highest BCUT2D eigenvalue weighted by atomic mass is 35.5. The van der Waals surface area contributed by atoms with Crippen molar-refractivity contribution in [2.45, 2.75) is 41.4 Å². The Morgan fingerprint density at radius 2 is 1.84 bits per heavy atom. The van der Waals surface area contributed by atoms with Crippen LogP contribution in [0.1, 0.15) is 37.0 Å². The molecule has 2 aromatic rings. The molecule has 0 amide bonds. The maximum absolute atomic E-state index is 12.6. The van der Waals surface area contributed by atoms with Crippen molar-refractivity contribution in [3.8, 4) is 0 Å². The van der Waals surface area contributed by atoms with E-state index in [1.54, 1.807) is 28.2 Å². The normalized spacial score (nSPS) is 17.4. The zero-order valence-corrected chi connectivity index (χ0v) is 16.4. The molecule has 1 fully saturated rings. The molecule has 1 aromatic heterocycles. The predicted molar refractivity (Wildman–Crippen MR) is 103 cm³/mol. The summed E-state index contributed by atoms with van der Waals surface area (Å²) in [5.74, 6) is 0. The Bertz CT molecular complexity index is 819. The van der Waals surface area contributed by atoms with Crippen molar-refractivity contribution in [1.29, 1.82) is 0 Å². The fourth-order valence-corrected chi connectivity index (χ4v) is 5.67. The van der Waals surface area contributed by atoms with Gasteiger partial charge in [0.1, 0.15) is 4.90 Å². The summed E-state index contributed by atoms with van der Waals surface area (Å²) < 4.78 is 26.9. The monoisotopic (exact) mass is 396 g/mol. The van der Waals surface area contributed by atoms with Crippen molar-refractivity contribution < 1.29 is 8.42 Å². The van der Waals surface area contributed by atoms with E-state index in [0.717, 1.165) is 34.9 Å². The highest BCUT2D eigenvalue weighted by Crippen LogP contribution is 2.37. The Kier molecular flexibility index (Phi) is 6.04. The number of pyridine rings is 1. The Morgan fingerprint density at radius 3 is 2.48 bits per heavy atom. The van der Waals surface area contributed by atoms with E-state index < -0.39 is 10.0 Å². The third-order valence-electron chi connectivity index (χ3n) is 4.30. The molecule has 0 bridgehead atoms. The van der Waals surface area contributed by atoms with Crippen molar-refractivity contribution in [3.05, 3.63) is 53.2 Å². The number of sulfonamides is 1. The van der Waals surface area contributed by atoms with Crippen LogP contribution in [-0.4, -0.2) is 30.8 Å². The molecule has 0 N–H and O–H groups in total. The zero-order chi connectivity index (χ0) is 17.9. The van der Waals surface area contributed by atoms with E-state index in [0.29, 0.717) is 13.1 Å². The highest BCUT2D eigenvalue weighted by Gasteiger charge is 2.26. The summed E-state index contributed by atoms with van der Waals surface area (Å²) in [4.78, 5) is 4.62. The number of halogens is 1. The highest BCUT2D eigenvalue weighted by molar-refractivity contribution is 7.99. The summed E-state index contributed by atoms with van der Waals surface area (Å²) in [6.07, 6.45) is 4.41. The number of thioether (sulfide) groups is 1. The number of hydrogen-bond donors (Lipinski definition) is 0. The average Bonchev–Trinajstić information content (AvgIpc) is 2.63. The second-order valence-electron chi connectivity index (χ2n) is 6.08. The molecule has 0 aliphatic carbocycles. The Hall–Kier alpha value is -1.08. The molecule has 1 aromatic carbocycles. The van der Waals surface area contributed by atoms with Crippen LogP contribution in [0.15, 0.2) is 52.5 Å². The van der Waals surface area contributed by atoms with Gasteiger partial charge in [-0.2, -0.15) is 4.31 Å². The lowest BCUT2D eigenvalue weighted by Gasteiger charge is -2.25. The van der Waals surface area contributed by atoms with Gasteiger partial charge in [-0.15, -0.1) is 0 Å². The molecule has 134 valence electrons. The van der Waals surface area contributed by atoms with Crippen molar-refractivity contribution in [2.24, 2.45) is 0 Å². The molecule has 1 aliphatic rings. The van der Waals surface area contributed by atoms with Crippen molar-refractivity contribution in [2.75, 3.05) is 13.1 Å². The fourth-order valence-electron chi connectivity index (χ4n) is 2.89. The van der Waals surface area contributed by atoms with Crippen molar-refractivity contribution in [1.82, 2.24) is 9.29 Å². The molecule has 1 atom stereocenters. The van der Waals surface area contributed by atoms with E-state index in [1.807, 2.05) is 24.3 Å². The first-order valence-corrected chi connectivity index (χ1v) is 11.1. The molecule has 0 saturated carbocycles.